The second-order valence-corrected chi connectivity index (χ2v) is 8.59. The number of carbonyl (C=O) groups is 2. The third-order valence-corrected chi connectivity index (χ3v) is 6.40. The third kappa shape index (κ3) is 4.10. The highest BCUT2D eigenvalue weighted by molar-refractivity contribution is 5.81. The molecule has 0 radical (unpaired) electrons. The minimum Gasteiger partial charge on any atom is -0.497 e. The molecule has 2 atom stereocenters. The maximum absolute atomic E-state index is 12.8. The number of likely N-dealkylation sites (tertiary alicyclic amines) is 1. The van der Waals surface area contributed by atoms with Crippen LogP contribution in [0.3, 0.4) is 0 Å². The lowest BCUT2D eigenvalue weighted by Gasteiger charge is -2.26. The largest absolute Gasteiger partial charge is 0.497 e. The van der Waals surface area contributed by atoms with Gasteiger partial charge in [-0.15, -0.1) is 0 Å². The highest BCUT2D eigenvalue weighted by atomic mass is 16.5. The molecule has 1 saturated carbocycles. The van der Waals surface area contributed by atoms with E-state index in [1.165, 1.54) is 0 Å². The summed E-state index contributed by atoms with van der Waals surface area (Å²) in [5.41, 5.74) is 4.34. The number of hydrogen-bond donors (Lipinski definition) is 2. The zero-order valence-electron chi connectivity index (χ0n) is 19.6. The van der Waals surface area contributed by atoms with Crippen LogP contribution in [0, 0.1) is 11.8 Å². The van der Waals surface area contributed by atoms with Gasteiger partial charge in [-0.2, -0.15) is 0 Å². The highest BCUT2D eigenvalue weighted by Gasteiger charge is 2.39. The van der Waals surface area contributed by atoms with E-state index >= 15 is 0 Å². The van der Waals surface area contributed by atoms with Crippen LogP contribution in [0.2, 0.25) is 2.82 Å². The predicted octanol–water partition coefficient (Wildman–Crippen LogP) is 3.15. The molecule has 3 amide bonds. The molecule has 2 heterocycles. The summed E-state index contributed by atoms with van der Waals surface area (Å²) in [5.74, 6) is 1.37. The summed E-state index contributed by atoms with van der Waals surface area (Å²) >= 11 is 0. The first-order valence-electron chi connectivity index (χ1n) is 11.8. The van der Waals surface area contributed by atoms with E-state index in [1.807, 2.05) is 53.4 Å². The van der Waals surface area contributed by atoms with Crippen LogP contribution in [0.4, 0.5) is 4.79 Å². The minimum atomic E-state index is -0.673. The Morgan fingerprint density at radius 1 is 1.10 bits per heavy atom. The standard InChI is InChI=1S/C24H28N4O3/c1-31-21-10-8-18(9-11-21)17-2-4-19(5-3-17)22-25-26-24(30)28(22)15-16-12-13-27(14-16)23(29)20-6-7-20/h2-5,8-11,16,20,22,25H,6-7,12-15H2,1H3,(H,26,30)/t16-,22?/m1/s1/i/hD2. The van der Waals surface area contributed by atoms with Gasteiger partial charge in [-0.3, -0.25) is 10.2 Å². The van der Waals surface area contributed by atoms with Crippen LogP contribution in [-0.2, 0) is 4.79 Å². The van der Waals surface area contributed by atoms with Crippen LogP contribution in [0.1, 0.15) is 31.0 Å². The highest BCUT2D eigenvalue weighted by Crippen LogP contribution is 2.34. The Hall–Kier alpha value is -3.06. The van der Waals surface area contributed by atoms with Crippen molar-refractivity contribution in [3.63, 3.8) is 0 Å². The van der Waals surface area contributed by atoms with E-state index in [-0.39, 0.29) is 17.7 Å². The molecule has 0 bridgehead atoms. The summed E-state index contributed by atoms with van der Waals surface area (Å²) in [4.78, 5) is 28.7. The second-order valence-electron chi connectivity index (χ2n) is 8.59. The lowest BCUT2D eigenvalue weighted by Crippen LogP contribution is -2.36. The van der Waals surface area contributed by atoms with Crippen molar-refractivity contribution in [2.45, 2.75) is 25.4 Å². The summed E-state index contributed by atoms with van der Waals surface area (Å²) in [6, 6.07) is 15.0. The number of urea groups is 1. The molecule has 3 fully saturated rings. The van der Waals surface area contributed by atoms with E-state index in [4.69, 9.17) is 7.56 Å². The number of amides is 3. The summed E-state index contributed by atoms with van der Waals surface area (Å²) in [6.45, 7) is 1.78. The fraction of sp³-hybridized carbons (Fsp3) is 0.417. The Labute approximate surface area is 185 Å². The van der Waals surface area contributed by atoms with Gasteiger partial charge < -0.3 is 14.5 Å². The zero-order chi connectivity index (χ0) is 23.1. The predicted molar refractivity (Wildman–Crippen MR) is 117 cm³/mol. The summed E-state index contributed by atoms with van der Waals surface area (Å²) in [6.07, 6.45) is 2.14. The molecule has 5 rings (SSSR count). The molecule has 7 heteroatoms. The van der Waals surface area contributed by atoms with E-state index in [0.29, 0.717) is 18.5 Å². The smallest absolute Gasteiger partial charge is 0.333 e. The summed E-state index contributed by atoms with van der Waals surface area (Å²) in [7, 11) is 1.63. The van der Waals surface area contributed by atoms with E-state index < -0.39 is 12.2 Å². The molecule has 31 heavy (non-hydrogen) atoms. The van der Waals surface area contributed by atoms with Gasteiger partial charge in [0.25, 0.3) is 0 Å². The Morgan fingerprint density at radius 2 is 1.77 bits per heavy atom. The van der Waals surface area contributed by atoms with E-state index in [9.17, 15) is 9.59 Å². The first-order valence-corrected chi connectivity index (χ1v) is 10.9. The van der Waals surface area contributed by atoms with Gasteiger partial charge in [0.1, 0.15) is 11.9 Å². The average Bonchev–Trinajstić information content (AvgIpc) is 3.56. The number of hydrogen-bond acceptors (Lipinski definition) is 4. The molecule has 3 aliphatic rings. The average molecular weight is 423 g/mol. The monoisotopic (exact) mass is 422 g/mol. The van der Waals surface area contributed by atoms with E-state index in [0.717, 1.165) is 53.7 Å². The molecule has 2 aromatic rings. The summed E-state index contributed by atoms with van der Waals surface area (Å²) < 4.78 is 21.6. The van der Waals surface area contributed by atoms with Crippen LogP contribution in [0.5, 0.6) is 5.75 Å². The van der Waals surface area contributed by atoms with E-state index in [1.54, 1.807) is 12.0 Å². The quantitative estimate of drug-likeness (QED) is 0.750. The topological polar surface area (TPSA) is 73.9 Å². The molecule has 7 nitrogen and oxygen atoms in total. The number of carbonyl (C=O) groups excluding carboxylic acids is 2. The van der Waals surface area contributed by atoms with Crippen molar-refractivity contribution in [2.75, 3.05) is 26.7 Å². The van der Waals surface area contributed by atoms with Crippen molar-refractivity contribution in [1.29, 1.82) is 0 Å². The Balaban J connectivity index is 1.32. The number of benzene rings is 2. The molecule has 2 aliphatic heterocycles. The van der Waals surface area contributed by atoms with Crippen molar-refractivity contribution in [1.82, 2.24) is 20.6 Å². The fourth-order valence-electron chi connectivity index (χ4n) is 4.43. The van der Waals surface area contributed by atoms with Gasteiger partial charge in [0.2, 0.25) is 5.91 Å². The number of rotatable bonds is 6. The molecule has 1 unspecified atom stereocenters. The van der Waals surface area contributed by atoms with Gasteiger partial charge >= 0.3 is 6.03 Å². The van der Waals surface area contributed by atoms with Crippen LogP contribution in [0.25, 0.3) is 11.1 Å². The molecule has 0 spiro atoms. The van der Waals surface area contributed by atoms with Crippen molar-refractivity contribution in [2.24, 2.45) is 11.8 Å². The van der Waals surface area contributed by atoms with Crippen LogP contribution < -0.4 is 15.6 Å². The van der Waals surface area contributed by atoms with Crippen molar-refractivity contribution in [3.05, 3.63) is 54.1 Å². The molecular weight excluding hydrogens is 392 g/mol. The second kappa shape index (κ2) is 8.23. The number of nitrogens with zero attached hydrogens (tertiary/aromatic N) is 2. The third-order valence-electron chi connectivity index (χ3n) is 6.40. The zero-order valence-corrected chi connectivity index (χ0v) is 17.6. The molecule has 1 aliphatic carbocycles. The molecule has 2 N–H and O–H groups in total. The van der Waals surface area contributed by atoms with E-state index in [2.05, 4.69) is 0 Å². The van der Waals surface area contributed by atoms with Gasteiger partial charge in [0, 0.05) is 25.6 Å². The number of methoxy groups -OCH3 is 1. The van der Waals surface area contributed by atoms with Crippen LogP contribution in [0.15, 0.2) is 48.5 Å². The number of nitrogens with one attached hydrogen (secondary N) is 2. The Morgan fingerprint density at radius 3 is 2.42 bits per heavy atom. The molecule has 2 saturated heterocycles. The molecular formula is C24H28N4O3. The Kier molecular flexibility index (Phi) is 4.67. The van der Waals surface area contributed by atoms with Gasteiger partial charge in [0.05, 0.1) is 7.11 Å². The van der Waals surface area contributed by atoms with Gasteiger partial charge in [-0.1, -0.05) is 36.4 Å². The molecule has 0 aromatic heterocycles. The normalized spacial score (nSPS) is 25.1. The van der Waals surface area contributed by atoms with Crippen molar-refractivity contribution < 1.29 is 17.1 Å². The Bertz CT molecular complexity index is 1030. The SMILES string of the molecule is [2H]N1C(=O)N(C[C@@H]2CCN(C(=O)C3CC3)C2)C(c2ccc(-c3ccc(OC)cc3)cc2)N1[2H]. The minimum absolute atomic E-state index is 0.151. The maximum atomic E-state index is 12.8. The maximum Gasteiger partial charge on any atom is 0.333 e. The molecule has 162 valence electrons. The lowest BCUT2D eigenvalue weighted by atomic mass is 10.0. The van der Waals surface area contributed by atoms with Crippen molar-refractivity contribution in [3.8, 4) is 16.9 Å². The van der Waals surface area contributed by atoms with Gasteiger partial charge in [0.15, 0.2) is 2.82 Å². The van der Waals surface area contributed by atoms with Gasteiger partial charge in [-0.25, -0.2) is 10.2 Å². The van der Waals surface area contributed by atoms with Crippen LogP contribution in [-0.4, -0.2) is 48.5 Å². The first-order chi connectivity index (χ1) is 16.0. The number of ether oxygens (including phenoxy) is 1. The first kappa shape index (κ1) is 17.6. The fourth-order valence-corrected chi connectivity index (χ4v) is 4.43. The van der Waals surface area contributed by atoms with Crippen molar-refractivity contribution >= 4 is 11.9 Å². The number of hydrazine groups is 1. The molecule has 2 aromatic carbocycles. The summed E-state index contributed by atoms with van der Waals surface area (Å²) in [5, 5.41) is 0. The van der Waals surface area contributed by atoms with Crippen LogP contribution >= 0.6 is 0 Å². The van der Waals surface area contributed by atoms with Gasteiger partial charge in [-0.05, 0) is 54.0 Å². The lowest BCUT2D eigenvalue weighted by molar-refractivity contribution is -0.131.